The van der Waals surface area contributed by atoms with Crippen molar-refractivity contribution in [3.05, 3.63) is 30.0 Å². The Morgan fingerprint density at radius 2 is 2.11 bits per heavy atom. The highest BCUT2D eigenvalue weighted by atomic mass is 16.5. The second kappa shape index (κ2) is 4.77. The molecule has 1 aromatic heterocycles. The molecule has 4 nitrogen and oxygen atoms in total. The highest BCUT2D eigenvalue weighted by Crippen LogP contribution is 2.33. The Balaban J connectivity index is 2.26. The number of hydrogen-bond acceptors (Lipinski definition) is 4. The zero-order chi connectivity index (χ0) is 13.2. The van der Waals surface area contributed by atoms with Gasteiger partial charge in [-0.25, -0.2) is 0 Å². The lowest BCUT2D eigenvalue weighted by Crippen LogP contribution is -2.19. The first kappa shape index (κ1) is 11.8. The first-order valence-corrected chi connectivity index (χ1v) is 6.45. The van der Waals surface area contributed by atoms with Crippen molar-refractivity contribution in [3.63, 3.8) is 0 Å². The van der Waals surface area contributed by atoms with Gasteiger partial charge in [-0.15, -0.1) is 0 Å². The maximum atomic E-state index is 9.32. The molecule has 0 unspecified atom stereocenters. The second-order valence-corrected chi connectivity index (χ2v) is 4.71. The number of nitrogens with zero attached hydrogens (tertiary/aromatic N) is 3. The van der Waals surface area contributed by atoms with Gasteiger partial charge >= 0.3 is 0 Å². The van der Waals surface area contributed by atoms with Crippen LogP contribution >= 0.6 is 0 Å². The molecule has 0 aliphatic carbocycles. The predicted octanol–water partition coefficient (Wildman–Crippen LogP) is 2.72. The summed E-state index contributed by atoms with van der Waals surface area (Å²) in [4.78, 5) is 6.63. The topological polar surface area (TPSA) is 49.1 Å². The number of nitriles is 1. The van der Waals surface area contributed by atoms with Crippen molar-refractivity contribution in [2.24, 2.45) is 0 Å². The third-order valence-electron chi connectivity index (χ3n) is 3.59. The van der Waals surface area contributed by atoms with E-state index in [0.717, 1.165) is 35.4 Å². The van der Waals surface area contributed by atoms with Gasteiger partial charge in [-0.05, 0) is 31.0 Å². The molecular weight excluding hydrogens is 238 g/mol. The van der Waals surface area contributed by atoms with Gasteiger partial charge in [0, 0.05) is 24.7 Å². The van der Waals surface area contributed by atoms with Gasteiger partial charge in [0.15, 0.2) is 0 Å². The molecule has 1 aliphatic rings. The van der Waals surface area contributed by atoms with Crippen LogP contribution in [0.1, 0.15) is 18.4 Å². The van der Waals surface area contributed by atoms with Crippen molar-refractivity contribution < 1.29 is 4.74 Å². The van der Waals surface area contributed by atoms with Crippen LogP contribution in [0.4, 0.5) is 5.69 Å². The molecular formula is C15H15N3O. The molecule has 0 amide bonds. The Morgan fingerprint density at radius 1 is 1.32 bits per heavy atom. The van der Waals surface area contributed by atoms with E-state index in [1.807, 2.05) is 18.2 Å². The molecule has 0 N–H and O–H groups in total. The molecule has 4 heteroatoms. The van der Waals surface area contributed by atoms with E-state index in [1.165, 1.54) is 12.8 Å². The average Bonchev–Trinajstić information content (AvgIpc) is 2.99. The summed E-state index contributed by atoms with van der Waals surface area (Å²) >= 11 is 0. The highest BCUT2D eigenvalue weighted by molar-refractivity contribution is 5.95. The largest absolute Gasteiger partial charge is 0.497 e. The van der Waals surface area contributed by atoms with Crippen molar-refractivity contribution >= 4 is 16.6 Å². The minimum Gasteiger partial charge on any atom is -0.497 e. The van der Waals surface area contributed by atoms with E-state index < -0.39 is 0 Å². The quantitative estimate of drug-likeness (QED) is 0.825. The van der Waals surface area contributed by atoms with Crippen molar-refractivity contribution in [1.82, 2.24) is 4.98 Å². The normalized spacial score (nSPS) is 14.6. The Bertz CT molecular complexity index is 654. The number of pyridine rings is 1. The van der Waals surface area contributed by atoms with Crippen LogP contribution in [-0.4, -0.2) is 25.2 Å². The molecule has 19 heavy (non-hydrogen) atoms. The predicted molar refractivity (Wildman–Crippen MR) is 74.5 cm³/mol. The van der Waals surface area contributed by atoms with Gasteiger partial charge in [-0.2, -0.15) is 5.26 Å². The zero-order valence-electron chi connectivity index (χ0n) is 10.9. The van der Waals surface area contributed by atoms with Crippen molar-refractivity contribution in [2.75, 3.05) is 25.1 Å². The number of aromatic nitrogens is 1. The molecule has 2 heterocycles. The zero-order valence-corrected chi connectivity index (χ0v) is 10.9. The maximum absolute atomic E-state index is 9.32. The average molecular weight is 253 g/mol. The molecule has 0 spiro atoms. The van der Waals surface area contributed by atoms with Gasteiger partial charge < -0.3 is 9.64 Å². The van der Waals surface area contributed by atoms with Crippen LogP contribution in [0.2, 0.25) is 0 Å². The van der Waals surface area contributed by atoms with E-state index in [-0.39, 0.29) is 0 Å². The molecule has 1 aliphatic heterocycles. The molecule has 0 saturated carbocycles. The molecule has 0 atom stereocenters. The number of fused-ring (bicyclic) bond motifs is 1. The molecule has 96 valence electrons. The van der Waals surface area contributed by atoms with Crippen LogP contribution in [0.25, 0.3) is 10.9 Å². The molecule has 0 radical (unpaired) electrons. The van der Waals surface area contributed by atoms with E-state index in [4.69, 9.17) is 4.74 Å². The Labute approximate surface area is 112 Å². The minimum atomic E-state index is 0.641. The SMILES string of the molecule is COc1ccc2ncc(C#N)c(N3CCCC3)c2c1. The van der Waals surface area contributed by atoms with E-state index in [0.29, 0.717) is 5.56 Å². The molecule has 0 bridgehead atoms. The van der Waals surface area contributed by atoms with E-state index in [9.17, 15) is 5.26 Å². The standard InChI is InChI=1S/C15H15N3O/c1-19-12-4-5-14-13(8-12)15(11(9-16)10-17-14)18-6-2-3-7-18/h4-5,8,10H,2-3,6-7H2,1H3. The third kappa shape index (κ3) is 1.97. The smallest absolute Gasteiger partial charge is 0.119 e. The number of benzene rings is 1. The minimum absolute atomic E-state index is 0.641. The number of ether oxygens (including phenoxy) is 1. The Morgan fingerprint density at radius 3 is 2.79 bits per heavy atom. The first-order valence-electron chi connectivity index (χ1n) is 6.45. The summed E-state index contributed by atoms with van der Waals surface area (Å²) in [5.74, 6) is 0.796. The summed E-state index contributed by atoms with van der Waals surface area (Å²) in [7, 11) is 1.65. The summed E-state index contributed by atoms with van der Waals surface area (Å²) in [6, 6.07) is 8.06. The Kier molecular flexibility index (Phi) is 2.96. The number of anilines is 1. The van der Waals surface area contributed by atoms with Gasteiger partial charge in [0.1, 0.15) is 11.8 Å². The van der Waals surface area contributed by atoms with Gasteiger partial charge in [0.05, 0.1) is 23.9 Å². The number of methoxy groups -OCH3 is 1. The van der Waals surface area contributed by atoms with Crippen molar-refractivity contribution in [1.29, 1.82) is 5.26 Å². The number of rotatable bonds is 2. The van der Waals surface area contributed by atoms with Crippen LogP contribution in [0, 0.1) is 11.3 Å². The van der Waals surface area contributed by atoms with Crippen LogP contribution in [0.3, 0.4) is 0 Å². The van der Waals surface area contributed by atoms with Gasteiger partial charge in [-0.1, -0.05) is 0 Å². The second-order valence-electron chi connectivity index (χ2n) is 4.71. The van der Waals surface area contributed by atoms with E-state index in [1.54, 1.807) is 13.3 Å². The lowest BCUT2D eigenvalue weighted by molar-refractivity contribution is 0.415. The molecule has 2 aromatic rings. The highest BCUT2D eigenvalue weighted by Gasteiger charge is 2.19. The van der Waals surface area contributed by atoms with Gasteiger partial charge in [0.2, 0.25) is 0 Å². The third-order valence-corrected chi connectivity index (χ3v) is 3.59. The van der Waals surface area contributed by atoms with Crippen LogP contribution in [0.15, 0.2) is 24.4 Å². The fourth-order valence-corrected chi connectivity index (χ4v) is 2.65. The summed E-state index contributed by atoms with van der Waals surface area (Å²) in [6.45, 7) is 2.01. The first-order chi connectivity index (χ1) is 9.33. The van der Waals surface area contributed by atoms with Crippen molar-refractivity contribution in [2.45, 2.75) is 12.8 Å². The number of hydrogen-bond donors (Lipinski definition) is 0. The molecule has 1 fully saturated rings. The van der Waals surface area contributed by atoms with Crippen LogP contribution in [-0.2, 0) is 0 Å². The lowest BCUT2D eigenvalue weighted by Gasteiger charge is -2.21. The summed E-state index contributed by atoms with van der Waals surface area (Å²) in [5, 5.41) is 10.3. The molecule has 1 saturated heterocycles. The maximum Gasteiger partial charge on any atom is 0.119 e. The van der Waals surface area contributed by atoms with Crippen molar-refractivity contribution in [3.8, 4) is 11.8 Å². The molecule has 3 rings (SSSR count). The van der Waals surface area contributed by atoms with Gasteiger partial charge in [0.25, 0.3) is 0 Å². The molecule has 1 aromatic carbocycles. The van der Waals surface area contributed by atoms with Crippen LogP contribution in [0.5, 0.6) is 5.75 Å². The monoisotopic (exact) mass is 253 g/mol. The fourth-order valence-electron chi connectivity index (χ4n) is 2.65. The van der Waals surface area contributed by atoms with Crippen LogP contribution < -0.4 is 9.64 Å². The summed E-state index contributed by atoms with van der Waals surface area (Å²) in [5.41, 5.74) is 2.55. The van der Waals surface area contributed by atoms with Gasteiger partial charge in [-0.3, -0.25) is 4.98 Å². The lowest BCUT2D eigenvalue weighted by atomic mass is 10.1. The fraction of sp³-hybridized carbons (Fsp3) is 0.333. The summed E-state index contributed by atoms with van der Waals surface area (Å²) in [6.07, 6.45) is 4.03. The Hall–Kier alpha value is -2.28. The van der Waals surface area contributed by atoms with E-state index in [2.05, 4.69) is 16.0 Å². The van der Waals surface area contributed by atoms with E-state index >= 15 is 0 Å². The summed E-state index contributed by atoms with van der Waals surface area (Å²) < 4.78 is 5.28.